The molecule has 0 aliphatic heterocycles. The van der Waals surface area contributed by atoms with Crippen LogP contribution in [0.25, 0.3) is 22.0 Å². The van der Waals surface area contributed by atoms with Gasteiger partial charge in [-0.3, -0.25) is 9.78 Å². The van der Waals surface area contributed by atoms with Crippen LogP contribution >= 0.6 is 0 Å². The first-order valence-electron chi connectivity index (χ1n) is 9.20. The molecule has 0 saturated heterocycles. The zero-order valence-electron chi connectivity index (χ0n) is 15.2. The van der Waals surface area contributed by atoms with Crippen LogP contribution in [0.2, 0.25) is 0 Å². The summed E-state index contributed by atoms with van der Waals surface area (Å²) in [4.78, 5) is 20.6. The Hall–Kier alpha value is -3.21. The fourth-order valence-corrected chi connectivity index (χ4v) is 3.34. The van der Waals surface area contributed by atoms with E-state index in [1.807, 2.05) is 24.3 Å². The average Bonchev–Trinajstić information content (AvgIpc) is 3.07. The standard InChI is InChI=1S/C22H21N3O2/c1-2-3-5-17-12-15-10-14(7-8-20(15)27-17)11-16-13-19-18(6-4-9-24-19)25-21(16)22(23)26/h4,6-10,12-13H,2-3,5,11H2,1H3,(H2,23,26). The van der Waals surface area contributed by atoms with Gasteiger partial charge in [-0.25, -0.2) is 4.98 Å². The van der Waals surface area contributed by atoms with Crippen molar-refractivity contribution in [3.05, 3.63) is 71.2 Å². The summed E-state index contributed by atoms with van der Waals surface area (Å²) in [6.07, 6.45) is 5.48. The third-order valence-electron chi connectivity index (χ3n) is 4.70. The van der Waals surface area contributed by atoms with E-state index < -0.39 is 5.91 Å². The Morgan fingerprint density at radius 3 is 2.85 bits per heavy atom. The minimum Gasteiger partial charge on any atom is -0.461 e. The van der Waals surface area contributed by atoms with Gasteiger partial charge < -0.3 is 10.2 Å². The molecule has 5 nitrogen and oxygen atoms in total. The van der Waals surface area contributed by atoms with Gasteiger partial charge in [-0.15, -0.1) is 0 Å². The highest BCUT2D eigenvalue weighted by Gasteiger charge is 2.14. The van der Waals surface area contributed by atoms with E-state index in [1.165, 1.54) is 0 Å². The van der Waals surface area contributed by atoms with E-state index in [0.717, 1.165) is 52.6 Å². The van der Waals surface area contributed by atoms with E-state index in [2.05, 4.69) is 29.0 Å². The number of primary amides is 1. The maximum absolute atomic E-state index is 11.9. The maximum atomic E-state index is 11.9. The van der Waals surface area contributed by atoms with Crippen molar-refractivity contribution in [2.45, 2.75) is 32.6 Å². The predicted molar refractivity (Wildman–Crippen MR) is 106 cm³/mol. The van der Waals surface area contributed by atoms with Crippen LogP contribution in [0.4, 0.5) is 0 Å². The number of unbranched alkanes of at least 4 members (excludes halogenated alkanes) is 1. The Labute approximate surface area is 157 Å². The number of nitrogens with two attached hydrogens (primary N) is 1. The number of pyridine rings is 2. The molecule has 0 bridgehead atoms. The number of fused-ring (bicyclic) bond motifs is 2. The number of rotatable bonds is 6. The summed E-state index contributed by atoms with van der Waals surface area (Å²) in [5, 5.41) is 1.08. The molecule has 3 heterocycles. The first-order valence-corrected chi connectivity index (χ1v) is 9.20. The van der Waals surface area contributed by atoms with Crippen molar-refractivity contribution >= 4 is 27.9 Å². The van der Waals surface area contributed by atoms with Gasteiger partial charge in [-0.2, -0.15) is 0 Å². The SMILES string of the molecule is CCCCc1cc2cc(Cc3cc4ncccc4nc3C(N)=O)ccc2o1. The van der Waals surface area contributed by atoms with Crippen molar-refractivity contribution in [2.24, 2.45) is 5.73 Å². The summed E-state index contributed by atoms with van der Waals surface area (Å²) in [5.74, 6) is 0.486. The molecule has 3 aromatic heterocycles. The zero-order valence-corrected chi connectivity index (χ0v) is 15.2. The Morgan fingerprint density at radius 2 is 2.04 bits per heavy atom. The molecule has 136 valence electrons. The van der Waals surface area contributed by atoms with Crippen molar-refractivity contribution in [3.63, 3.8) is 0 Å². The molecule has 4 rings (SSSR count). The number of nitrogens with zero attached hydrogens (tertiary/aromatic N) is 2. The second kappa shape index (κ2) is 7.19. The highest BCUT2D eigenvalue weighted by atomic mass is 16.3. The number of carbonyl (C=O) groups excluding carboxylic acids is 1. The maximum Gasteiger partial charge on any atom is 0.267 e. The highest BCUT2D eigenvalue weighted by molar-refractivity contribution is 5.95. The second-order valence-corrected chi connectivity index (χ2v) is 6.77. The van der Waals surface area contributed by atoms with Crippen LogP contribution in [0.15, 0.2) is 53.1 Å². The summed E-state index contributed by atoms with van der Waals surface area (Å²) < 4.78 is 5.90. The van der Waals surface area contributed by atoms with Crippen molar-refractivity contribution in [1.82, 2.24) is 9.97 Å². The lowest BCUT2D eigenvalue weighted by Gasteiger charge is -2.08. The molecule has 0 aliphatic carbocycles. The van der Waals surface area contributed by atoms with Gasteiger partial charge >= 0.3 is 0 Å². The van der Waals surface area contributed by atoms with Gasteiger partial charge in [0.25, 0.3) is 5.91 Å². The Kier molecular flexibility index (Phi) is 4.59. The third kappa shape index (κ3) is 3.53. The van der Waals surface area contributed by atoms with Crippen LogP contribution in [-0.2, 0) is 12.8 Å². The molecule has 0 spiro atoms. The topological polar surface area (TPSA) is 82.0 Å². The number of hydrogen-bond acceptors (Lipinski definition) is 4. The van der Waals surface area contributed by atoms with E-state index in [9.17, 15) is 4.79 Å². The largest absolute Gasteiger partial charge is 0.461 e. The molecule has 27 heavy (non-hydrogen) atoms. The van der Waals surface area contributed by atoms with Crippen LogP contribution in [0.5, 0.6) is 0 Å². The van der Waals surface area contributed by atoms with Crippen molar-refractivity contribution < 1.29 is 9.21 Å². The number of aromatic nitrogens is 2. The molecule has 0 aliphatic rings. The number of amides is 1. The minimum atomic E-state index is -0.526. The molecule has 0 unspecified atom stereocenters. The van der Waals surface area contributed by atoms with Gasteiger partial charge in [0.15, 0.2) is 0 Å². The second-order valence-electron chi connectivity index (χ2n) is 6.77. The van der Waals surface area contributed by atoms with Crippen LogP contribution in [0, 0.1) is 0 Å². The normalized spacial score (nSPS) is 11.3. The van der Waals surface area contributed by atoms with Gasteiger partial charge in [-0.05, 0) is 60.4 Å². The first-order chi connectivity index (χ1) is 13.1. The highest BCUT2D eigenvalue weighted by Crippen LogP contribution is 2.24. The fourth-order valence-electron chi connectivity index (χ4n) is 3.34. The Balaban J connectivity index is 1.70. The van der Waals surface area contributed by atoms with Crippen LogP contribution < -0.4 is 5.73 Å². The number of carbonyl (C=O) groups is 1. The van der Waals surface area contributed by atoms with E-state index >= 15 is 0 Å². The molecule has 1 amide bonds. The molecule has 2 N–H and O–H groups in total. The van der Waals surface area contributed by atoms with Gasteiger partial charge in [0.2, 0.25) is 0 Å². The smallest absolute Gasteiger partial charge is 0.267 e. The Bertz CT molecular complexity index is 1130. The fraction of sp³-hybridized carbons (Fsp3) is 0.227. The predicted octanol–water partition coefficient (Wildman–Crippen LogP) is 4.41. The number of hydrogen-bond donors (Lipinski definition) is 1. The van der Waals surface area contributed by atoms with Gasteiger partial charge in [0.05, 0.1) is 11.0 Å². The lowest BCUT2D eigenvalue weighted by molar-refractivity contribution is 0.0995. The van der Waals surface area contributed by atoms with E-state index in [0.29, 0.717) is 17.6 Å². The molecule has 5 heteroatoms. The van der Waals surface area contributed by atoms with E-state index in [4.69, 9.17) is 10.2 Å². The van der Waals surface area contributed by atoms with Crippen molar-refractivity contribution in [1.29, 1.82) is 0 Å². The van der Waals surface area contributed by atoms with Crippen LogP contribution in [0.3, 0.4) is 0 Å². The van der Waals surface area contributed by atoms with Crippen LogP contribution in [-0.4, -0.2) is 15.9 Å². The average molecular weight is 359 g/mol. The summed E-state index contributed by atoms with van der Waals surface area (Å²) in [7, 11) is 0. The summed E-state index contributed by atoms with van der Waals surface area (Å²) in [6.45, 7) is 2.17. The first kappa shape index (κ1) is 17.2. The number of furan rings is 1. The lowest BCUT2D eigenvalue weighted by Crippen LogP contribution is -2.16. The van der Waals surface area contributed by atoms with E-state index in [-0.39, 0.29) is 0 Å². The minimum absolute atomic E-state index is 0.298. The molecule has 1 aromatic carbocycles. The monoisotopic (exact) mass is 359 g/mol. The molecule has 0 saturated carbocycles. The third-order valence-corrected chi connectivity index (χ3v) is 4.70. The summed E-state index contributed by atoms with van der Waals surface area (Å²) in [5.41, 5.74) is 10.0. The Morgan fingerprint density at radius 1 is 1.15 bits per heavy atom. The van der Waals surface area contributed by atoms with Crippen molar-refractivity contribution in [3.8, 4) is 0 Å². The molecular weight excluding hydrogens is 338 g/mol. The van der Waals surface area contributed by atoms with Crippen LogP contribution in [0.1, 0.15) is 47.1 Å². The summed E-state index contributed by atoms with van der Waals surface area (Å²) >= 11 is 0. The van der Waals surface area contributed by atoms with E-state index in [1.54, 1.807) is 12.3 Å². The number of aryl methyl sites for hydroxylation is 1. The van der Waals surface area contributed by atoms with Gasteiger partial charge in [-0.1, -0.05) is 19.4 Å². The number of benzene rings is 1. The zero-order chi connectivity index (χ0) is 18.8. The van der Waals surface area contributed by atoms with Crippen molar-refractivity contribution in [2.75, 3.05) is 0 Å². The van der Waals surface area contributed by atoms with Gasteiger partial charge in [0.1, 0.15) is 17.0 Å². The molecule has 0 radical (unpaired) electrons. The molecule has 0 fully saturated rings. The summed E-state index contributed by atoms with van der Waals surface area (Å²) in [6, 6.07) is 13.7. The van der Waals surface area contributed by atoms with Gasteiger partial charge in [0, 0.05) is 18.0 Å². The molecule has 0 atom stereocenters. The lowest BCUT2D eigenvalue weighted by atomic mass is 10.0. The molecular formula is C22H21N3O2. The molecule has 4 aromatic rings. The quantitative estimate of drug-likeness (QED) is 0.553.